The molecular formula is C13H13N3O4. The Balaban J connectivity index is 2.28. The number of nitrogens with zero attached hydrogens (tertiary/aromatic N) is 3. The fourth-order valence-electron chi connectivity index (χ4n) is 2.58. The molecule has 2 aromatic rings. The van der Waals surface area contributed by atoms with Crippen molar-refractivity contribution < 1.29 is 9.90 Å². The lowest BCUT2D eigenvalue weighted by Gasteiger charge is -2.21. The molecule has 1 aromatic heterocycles. The van der Waals surface area contributed by atoms with Gasteiger partial charge in [-0.25, -0.2) is 28.3 Å². The number of hydrogen-bond donors (Lipinski definition) is 1. The second-order valence-corrected chi connectivity index (χ2v) is 4.70. The molecule has 0 saturated heterocycles. The van der Waals surface area contributed by atoms with E-state index in [-0.39, 0.29) is 0 Å². The van der Waals surface area contributed by atoms with E-state index in [4.69, 9.17) is 0 Å². The molecule has 1 atom stereocenters. The summed E-state index contributed by atoms with van der Waals surface area (Å²) in [5, 5.41) is 9.20. The van der Waals surface area contributed by atoms with Crippen LogP contribution in [0.25, 0.3) is 5.69 Å². The van der Waals surface area contributed by atoms with Gasteiger partial charge >= 0.3 is 17.3 Å². The highest BCUT2D eigenvalue weighted by Gasteiger charge is 2.31. The number of hydrogen-bond acceptors (Lipinski definition) is 3. The van der Waals surface area contributed by atoms with Gasteiger partial charge in [0, 0.05) is 6.54 Å². The Labute approximate surface area is 113 Å². The molecular weight excluding hydrogens is 262 g/mol. The Morgan fingerprint density at radius 2 is 1.85 bits per heavy atom. The van der Waals surface area contributed by atoms with E-state index < -0.39 is 23.4 Å². The predicted molar refractivity (Wildman–Crippen MR) is 70.2 cm³/mol. The third-order valence-corrected chi connectivity index (χ3v) is 3.50. The second-order valence-electron chi connectivity index (χ2n) is 4.70. The first-order valence-corrected chi connectivity index (χ1v) is 6.34. The van der Waals surface area contributed by atoms with E-state index in [0.717, 1.165) is 9.25 Å². The first kappa shape index (κ1) is 12.5. The van der Waals surface area contributed by atoms with E-state index in [2.05, 4.69) is 0 Å². The number of aliphatic carboxylic acids is 1. The molecule has 20 heavy (non-hydrogen) atoms. The standard InChI is InChI=1S/C13H13N3O4/c17-11(18)10-7-4-8-14-12(19)15(13(20)16(10)14)9-5-2-1-3-6-9/h1-3,5-6,10H,4,7-8H2,(H,17,18). The second kappa shape index (κ2) is 4.52. The minimum Gasteiger partial charge on any atom is -0.480 e. The van der Waals surface area contributed by atoms with Gasteiger partial charge in [0.2, 0.25) is 0 Å². The van der Waals surface area contributed by atoms with Gasteiger partial charge in [-0.2, -0.15) is 0 Å². The first-order chi connectivity index (χ1) is 9.61. The van der Waals surface area contributed by atoms with Crippen LogP contribution in [-0.2, 0) is 11.3 Å². The van der Waals surface area contributed by atoms with Crippen molar-refractivity contribution in [3.05, 3.63) is 51.3 Å². The molecule has 3 rings (SSSR count). The Kier molecular flexibility index (Phi) is 2.81. The van der Waals surface area contributed by atoms with Crippen molar-refractivity contribution in [1.29, 1.82) is 0 Å². The van der Waals surface area contributed by atoms with Crippen molar-refractivity contribution in [2.45, 2.75) is 25.4 Å². The van der Waals surface area contributed by atoms with Crippen molar-refractivity contribution >= 4 is 5.97 Å². The summed E-state index contributed by atoms with van der Waals surface area (Å²) in [5.41, 5.74) is -0.651. The quantitative estimate of drug-likeness (QED) is 0.849. The monoisotopic (exact) mass is 275 g/mol. The minimum atomic E-state index is -1.09. The summed E-state index contributed by atoms with van der Waals surface area (Å²) in [6.45, 7) is 0.359. The topological polar surface area (TPSA) is 86.2 Å². The Hall–Kier alpha value is -2.57. The molecule has 1 aliphatic heterocycles. The molecule has 0 saturated carbocycles. The molecule has 0 radical (unpaired) electrons. The predicted octanol–water partition coefficient (Wildman–Crippen LogP) is 0.220. The normalized spacial score (nSPS) is 17.7. The largest absolute Gasteiger partial charge is 0.480 e. The highest BCUT2D eigenvalue weighted by Crippen LogP contribution is 2.17. The summed E-state index contributed by atoms with van der Waals surface area (Å²) in [4.78, 5) is 35.9. The molecule has 0 aliphatic carbocycles. The SMILES string of the molecule is O=C(O)C1CCCn2c(=O)n(-c3ccccc3)c(=O)n21. The molecule has 0 spiro atoms. The average molecular weight is 275 g/mol. The van der Waals surface area contributed by atoms with E-state index in [1.54, 1.807) is 30.3 Å². The highest BCUT2D eigenvalue weighted by atomic mass is 16.4. The van der Waals surface area contributed by atoms with Crippen molar-refractivity contribution in [2.75, 3.05) is 0 Å². The van der Waals surface area contributed by atoms with Crippen LogP contribution in [0.4, 0.5) is 0 Å². The Morgan fingerprint density at radius 1 is 1.15 bits per heavy atom. The summed E-state index contributed by atoms with van der Waals surface area (Å²) in [7, 11) is 0. The molecule has 7 heteroatoms. The van der Waals surface area contributed by atoms with Gasteiger partial charge in [0.05, 0.1) is 5.69 Å². The van der Waals surface area contributed by atoms with E-state index in [0.29, 0.717) is 25.1 Å². The van der Waals surface area contributed by atoms with Gasteiger partial charge in [-0.15, -0.1) is 0 Å². The van der Waals surface area contributed by atoms with E-state index in [1.165, 1.54) is 4.68 Å². The molecule has 104 valence electrons. The minimum absolute atomic E-state index is 0.355. The van der Waals surface area contributed by atoms with Crippen LogP contribution in [0.1, 0.15) is 18.9 Å². The van der Waals surface area contributed by atoms with E-state index in [9.17, 15) is 19.5 Å². The lowest BCUT2D eigenvalue weighted by molar-refractivity contribution is -0.142. The first-order valence-electron chi connectivity index (χ1n) is 6.34. The number of rotatable bonds is 2. The molecule has 1 aliphatic rings. The van der Waals surface area contributed by atoms with Crippen molar-refractivity contribution in [3.8, 4) is 5.69 Å². The average Bonchev–Trinajstić information content (AvgIpc) is 2.72. The number of carboxylic acid groups (broad SMARTS) is 1. The van der Waals surface area contributed by atoms with Crippen LogP contribution < -0.4 is 11.4 Å². The van der Waals surface area contributed by atoms with Crippen molar-refractivity contribution in [3.63, 3.8) is 0 Å². The van der Waals surface area contributed by atoms with Gasteiger partial charge in [0.25, 0.3) is 0 Å². The van der Waals surface area contributed by atoms with Crippen molar-refractivity contribution in [2.24, 2.45) is 0 Å². The summed E-state index contributed by atoms with van der Waals surface area (Å²) in [5.74, 6) is -1.09. The zero-order valence-corrected chi connectivity index (χ0v) is 10.6. The third kappa shape index (κ3) is 1.70. The maximum atomic E-state index is 12.4. The lowest BCUT2D eigenvalue weighted by atomic mass is 10.1. The van der Waals surface area contributed by atoms with Crippen LogP contribution in [0.2, 0.25) is 0 Å². The maximum absolute atomic E-state index is 12.4. The summed E-state index contributed by atoms with van der Waals surface area (Å²) in [6.07, 6.45) is 0.919. The van der Waals surface area contributed by atoms with Crippen LogP contribution in [-0.4, -0.2) is 25.0 Å². The smallest absolute Gasteiger partial charge is 0.352 e. The highest BCUT2D eigenvalue weighted by molar-refractivity contribution is 5.71. The van der Waals surface area contributed by atoms with Crippen LogP contribution >= 0.6 is 0 Å². The zero-order chi connectivity index (χ0) is 14.3. The number of carboxylic acids is 1. The number of para-hydroxylation sites is 1. The van der Waals surface area contributed by atoms with Crippen LogP contribution in [0.5, 0.6) is 0 Å². The van der Waals surface area contributed by atoms with Gasteiger partial charge in [-0.3, -0.25) is 0 Å². The van der Waals surface area contributed by atoms with Gasteiger partial charge in [-0.05, 0) is 25.0 Å². The number of benzene rings is 1. The van der Waals surface area contributed by atoms with Crippen LogP contribution in [0.3, 0.4) is 0 Å². The molecule has 1 aromatic carbocycles. The Morgan fingerprint density at radius 3 is 2.50 bits per heavy atom. The van der Waals surface area contributed by atoms with E-state index >= 15 is 0 Å². The third-order valence-electron chi connectivity index (χ3n) is 3.50. The molecule has 0 fully saturated rings. The number of carbonyl (C=O) groups is 1. The summed E-state index contributed by atoms with van der Waals surface area (Å²) in [6, 6.07) is 7.53. The van der Waals surface area contributed by atoms with Gasteiger partial charge in [-0.1, -0.05) is 18.2 Å². The molecule has 1 N–H and O–H groups in total. The summed E-state index contributed by atoms with van der Waals surface area (Å²) >= 11 is 0. The van der Waals surface area contributed by atoms with Gasteiger partial charge < -0.3 is 5.11 Å². The van der Waals surface area contributed by atoms with Crippen molar-refractivity contribution in [1.82, 2.24) is 13.9 Å². The lowest BCUT2D eigenvalue weighted by Crippen LogP contribution is -2.38. The zero-order valence-electron chi connectivity index (χ0n) is 10.6. The van der Waals surface area contributed by atoms with Gasteiger partial charge in [0.15, 0.2) is 6.04 Å². The fraction of sp³-hybridized carbons (Fsp3) is 0.308. The molecule has 0 amide bonds. The fourth-order valence-corrected chi connectivity index (χ4v) is 2.58. The van der Waals surface area contributed by atoms with E-state index in [1.807, 2.05) is 0 Å². The Bertz CT molecular complexity index is 769. The number of fused-ring (bicyclic) bond motifs is 1. The molecule has 2 heterocycles. The summed E-state index contributed by atoms with van der Waals surface area (Å²) < 4.78 is 3.29. The van der Waals surface area contributed by atoms with Crippen LogP contribution in [0, 0.1) is 0 Å². The molecule has 1 unspecified atom stereocenters. The maximum Gasteiger partial charge on any atom is 0.352 e. The van der Waals surface area contributed by atoms with Crippen LogP contribution in [0.15, 0.2) is 39.9 Å². The molecule has 7 nitrogen and oxygen atoms in total. The van der Waals surface area contributed by atoms with Gasteiger partial charge in [0.1, 0.15) is 0 Å². The number of aromatic nitrogens is 3. The molecule has 0 bridgehead atoms.